The predicted octanol–water partition coefficient (Wildman–Crippen LogP) is 1.75. The summed E-state index contributed by atoms with van der Waals surface area (Å²) in [6.45, 7) is 2.79. The van der Waals surface area contributed by atoms with E-state index in [9.17, 15) is 9.59 Å². The van der Waals surface area contributed by atoms with Crippen LogP contribution in [-0.4, -0.2) is 36.3 Å². The van der Waals surface area contributed by atoms with Gasteiger partial charge in [-0.1, -0.05) is 13.3 Å². The Balaban J connectivity index is 1.90. The second-order valence-corrected chi connectivity index (χ2v) is 4.43. The van der Waals surface area contributed by atoms with Crippen LogP contribution in [0.4, 0.5) is 4.79 Å². The van der Waals surface area contributed by atoms with Crippen molar-refractivity contribution in [3.8, 4) is 5.75 Å². The number of hydrogen-bond donors (Lipinski definition) is 1. The zero-order valence-corrected chi connectivity index (χ0v) is 11.3. The van der Waals surface area contributed by atoms with Gasteiger partial charge in [-0.3, -0.25) is 10.1 Å². The first-order chi connectivity index (χ1) is 9.69. The van der Waals surface area contributed by atoms with Gasteiger partial charge in [0.2, 0.25) is 5.91 Å². The largest absolute Gasteiger partial charge is 0.494 e. The van der Waals surface area contributed by atoms with Gasteiger partial charge in [0.15, 0.2) is 0 Å². The SMILES string of the molecule is CCCCOc1ccc(C=NN2CC(=O)NC2=O)cc1. The van der Waals surface area contributed by atoms with Crippen LogP contribution in [0.5, 0.6) is 5.75 Å². The number of urea groups is 1. The highest BCUT2D eigenvalue weighted by molar-refractivity contribution is 6.02. The molecular weight excluding hydrogens is 258 g/mol. The fourth-order valence-electron chi connectivity index (χ4n) is 1.65. The summed E-state index contributed by atoms with van der Waals surface area (Å²) in [5.41, 5.74) is 0.833. The molecular formula is C14H17N3O3. The van der Waals surface area contributed by atoms with Crippen LogP contribution < -0.4 is 10.1 Å². The Kier molecular flexibility index (Phi) is 4.70. The average Bonchev–Trinajstić information content (AvgIpc) is 2.76. The van der Waals surface area contributed by atoms with Crippen molar-refractivity contribution in [3.05, 3.63) is 29.8 Å². The molecule has 0 aliphatic carbocycles. The van der Waals surface area contributed by atoms with Crippen molar-refractivity contribution in [2.75, 3.05) is 13.2 Å². The summed E-state index contributed by atoms with van der Waals surface area (Å²) < 4.78 is 5.55. The summed E-state index contributed by atoms with van der Waals surface area (Å²) in [7, 11) is 0. The Morgan fingerprint density at radius 1 is 1.35 bits per heavy atom. The van der Waals surface area contributed by atoms with E-state index in [-0.39, 0.29) is 12.5 Å². The van der Waals surface area contributed by atoms with Crippen LogP contribution in [0.15, 0.2) is 29.4 Å². The summed E-state index contributed by atoms with van der Waals surface area (Å²) in [5.74, 6) is 0.469. The van der Waals surface area contributed by atoms with Crippen LogP contribution in [-0.2, 0) is 4.79 Å². The van der Waals surface area contributed by atoms with Crippen molar-refractivity contribution in [1.29, 1.82) is 0 Å². The van der Waals surface area contributed by atoms with E-state index in [1.807, 2.05) is 24.3 Å². The van der Waals surface area contributed by atoms with E-state index in [0.29, 0.717) is 6.61 Å². The average molecular weight is 275 g/mol. The second-order valence-electron chi connectivity index (χ2n) is 4.43. The summed E-state index contributed by atoms with van der Waals surface area (Å²) in [5, 5.41) is 7.21. The topological polar surface area (TPSA) is 71.0 Å². The minimum atomic E-state index is -0.495. The summed E-state index contributed by atoms with van der Waals surface area (Å²) in [6, 6.07) is 6.91. The number of benzene rings is 1. The van der Waals surface area contributed by atoms with Gasteiger partial charge < -0.3 is 4.74 Å². The van der Waals surface area contributed by atoms with Gasteiger partial charge in [0, 0.05) is 0 Å². The molecule has 1 fully saturated rings. The zero-order chi connectivity index (χ0) is 14.4. The molecule has 6 nitrogen and oxygen atoms in total. The number of hydrazone groups is 1. The highest BCUT2D eigenvalue weighted by Crippen LogP contribution is 2.12. The van der Waals surface area contributed by atoms with Crippen LogP contribution in [0.3, 0.4) is 0 Å². The number of hydrogen-bond acceptors (Lipinski definition) is 4. The first-order valence-corrected chi connectivity index (χ1v) is 6.57. The third kappa shape index (κ3) is 3.81. The number of rotatable bonds is 6. The normalized spacial score (nSPS) is 14.9. The summed E-state index contributed by atoms with van der Waals surface area (Å²) in [4.78, 5) is 22.2. The van der Waals surface area contributed by atoms with Crippen molar-refractivity contribution >= 4 is 18.2 Å². The van der Waals surface area contributed by atoms with Gasteiger partial charge in [-0.05, 0) is 36.2 Å². The minimum Gasteiger partial charge on any atom is -0.494 e. The molecule has 1 aliphatic heterocycles. The van der Waals surface area contributed by atoms with E-state index in [0.717, 1.165) is 29.2 Å². The van der Waals surface area contributed by atoms with E-state index >= 15 is 0 Å². The predicted molar refractivity (Wildman–Crippen MR) is 74.7 cm³/mol. The van der Waals surface area contributed by atoms with Crippen LogP contribution in [0.2, 0.25) is 0 Å². The van der Waals surface area contributed by atoms with Gasteiger partial charge in [0.05, 0.1) is 12.8 Å². The summed E-state index contributed by atoms with van der Waals surface area (Å²) >= 11 is 0. The Hall–Kier alpha value is -2.37. The van der Waals surface area contributed by atoms with Gasteiger partial charge in [-0.2, -0.15) is 5.10 Å². The highest BCUT2D eigenvalue weighted by atomic mass is 16.5. The molecule has 3 amide bonds. The van der Waals surface area contributed by atoms with Crippen molar-refractivity contribution in [2.24, 2.45) is 5.10 Å². The smallest absolute Gasteiger partial charge is 0.344 e. The number of unbranched alkanes of at least 4 members (excludes halogenated alkanes) is 1. The lowest BCUT2D eigenvalue weighted by Gasteiger charge is -2.06. The van der Waals surface area contributed by atoms with Gasteiger partial charge in [-0.15, -0.1) is 0 Å². The molecule has 20 heavy (non-hydrogen) atoms. The van der Waals surface area contributed by atoms with Crippen molar-refractivity contribution in [3.63, 3.8) is 0 Å². The highest BCUT2D eigenvalue weighted by Gasteiger charge is 2.25. The third-order valence-electron chi connectivity index (χ3n) is 2.77. The van der Waals surface area contributed by atoms with Crippen LogP contribution in [0.25, 0.3) is 0 Å². The Bertz CT molecular complexity index is 511. The number of carbonyl (C=O) groups is 2. The first-order valence-electron chi connectivity index (χ1n) is 6.57. The van der Waals surface area contributed by atoms with E-state index in [1.165, 1.54) is 6.21 Å². The standard InChI is InChI=1S/C14H17N3O3/c1-2-3-8-20-12-6-4-11(5-7-12)9-15-17-10-13(18)16-14(17)19/h4-7,9H,2-3,8,10H2,1H3,(H,16,18,19). The fraction of sp³-hybridized carbons (Fsp3) is 0.357. The number of imide groups is 1. The molecule has 106 valence electrons. The quantitative estimate of drug-likeness (QED) is 0.488. The molecule has 6 heteroatoms. The maximum absolute atomic E-state index is 11.3. The van der Waals surface area contributed by atoms with E-state index < -0.39 is 6.03 Å². The molecule has 2 rings (SSSR count). The van der Waals surface area contributed by atoms with Crippen LogP contribution >= 0.6 is 0 Å². The van der Waals surface area contributed by atoms with E-state index in [4.69, 9.17) is 4.74 Å². The van der Waals surface area contributed by atoms with Crippen molar-refractivity contribution < 1.29 is 14.3 Å². The molecule has 1 heterocycles. The van der Waals surface area contributed by atoms with Crippen molar-refractivity contribution in [1.82, 2.24) is 10.3 Å². The molecule has 0 saturated carbocycles. The Labute approximate surface area is 117 Å². The van der Waals surface area contributed by atoms with Crippen LogP contribution in [0.1, 0.15) is 25.3 Å². The maximum atomic E-state index is 11.3. The minimum absolute atomic E-state index is 0.0342. The molecule has 0 unspecified atom stereocenters. The van der Waals surface area contributed by atoms with E-state index in [2.05, 4.69) is 17.3 Å². The van der Waals surface area contributed by atoms with Crippen LogP contribution in [0, 0.1) is 0 Å². The lowest BCUT2D eigenvalue weighted by atomic mass is 10.2. The first kappa shape index (κ1) is 14.0. The molecule has 1 aromatic carbocycles. The lowest BCUT2D eigenvalue weighted by molar-refractivity contribution is -0.118. The second kappa shape index (κ2) is 6.70. The summed E-state index contributed by atoms with van der Waals surface area (Å²) in [6.07, 6.45) is 3.66. The lowest BCUT2D eigenvalue weighted by Crippen LogP contribution is -2.24. The van der Waals surface area contributed by atoms with Gasteiger partial charge in [-0.25, -0.2) is 9.80 Å². The van der Waals surface area contributed by atoms with E-state index in [1.54, 1.807) is 0 Å². The van der Waals surface area contributed by atoms with Gasteiger partial charge in [0.1, 0.15) is 12.3 Å². The zero-order valence-electron chi connectivity index (χ0n) is 11.3. The number of amides is 3. The molecule has 0 aromatic heterocycles. The molecule has 1 aliphatic rings. The fourth-order valence-corrected chi connectivity index (χ4v) is 1.65. The molecule has 0 radical (unpaired) electrons. The number of nitrogens with zero attached hydrogens (tertiary/aromatic N) is 2. The molecule has 1 aromatic rings. The van der Waals surface area contributed by atoms with Crippen molar-refractivity contribution in [2.45, 2.75) is 19.8 Å². The third-order valence-corrected chi connectivity index (χ3v) is 2.77. The van der Waals surface area contributed by atoms with Gasteiger partial charge in [0.25, 0.3) is 0 Å². The Morgan fingerprint density at radius 3 is 2.70 bits per heavy atom. The maximum Gasteiger partial charge on any atom is 0.344 e. The molecule has 1 N–H and O–H groups in total. The number of nitrogens with one attached hydrogen (secondary N) is 1. The van der Waals surface area contributed by atoms with Gasteiger partial charge >= 0.3 is 6.03 Å². The molecule has 1 saturated heterocycles. The molecule has 0 spiro atoms. The Morgan fingerprint density at radius 2 is 2.10 bits per heavy atom. The number of carbonyl (C=O) groups excluding carboxylic acids is 2. The molecule has 0 atom stereocenters. The monoisotopic (exact) mass is 275 g/mol. The molecule has 0 bridgehead atoms. The number of ether oxygens (including phenoxy) is 1.